The van der Waals surface area contributed by atoms with E-state index in [0.29, 0.717) is 19.4 Å². The molecule has 80 valence electrons. The van der Waals surface area contributed by atoms with Crippen LogP contribution in [-0.2, 0) is 14.3 Å². The van der Waals surface area contributed by atoms with E-state index < -0.39 is 5.41 Å². The van der Waals surface area contributed by atoms with E-state index in [4.69, 9.17) is 4.74 Å². The van der Waals surface area contributed by atoms with E-state index in [0.717, 1.165) is 11.5 Å². The van der Waals surface area contributed by atoms with Crippen LogP contribution in [0.5, 0.6) is 0 Å². The summed E-state index contributed by atoms with van der Waals surface area (Å²) >= 11 is 1.75. The number of hydrogen-bond donors (Lipinski definition) is 0. The third-order valence-corrected chi connectivity index (χ3v) is 3.61. The number of Topliss-reactive ketones (excluding diaryl/α,β-unsaturated/α-hetero) is 1. The zero-order valence-electron chi connectivity index (χ0n) is 8.67. The number of carbonyl (C=O) groups is 2. The van der Waals surface area contributed by atoms with Crippen LogP contribution < -0.4 is 0 Å². The first kappa shape index (κ1) is 11.6. The Balaban J connectivity index is 2.63. The van der Waals surface area contributed by atoms with Gasteiger partial charge in [0.2, 0.25) is 0 Å². The van der Waals surface area contributed by atoms with Crippen molar-refractivity contribution in [3.8, 4) is 0 Å². The SMILES string of the molecule is CCSCCC1(C(C)=O)CCOC1=O. The van der Waals surface area contributed by atoms with Crippen LogP contribution in [-0.4, -0.2) is 29.9 Å². The molecule has 0 aromatic carbocycles. The van der Waals surface area contributed by atoms with Gasteiger partial charge in [0, 0.05) is 6.42 Å². The number of rotatable bonds is 5. The summed E-state index contributed by atoms with van der Waals surface area (Å²) in [6.07, 6.45) is 1.19. The smallest absolute Gasteiger partial charge is 0.319 e. The van der Waals surface area contributed by atoms with E-state index in [2.05, 4.69) is 6.92 Å². The fraction of sp³-hybridized carbons (Fsp3) is 0.800. The number of thioether (sulfide) groups is 1. The van der Waals surface area contributed by atoms with Gasteiger partial charge < -0.3 is 4.74 Å². The van der Waals surface area contributed by atoms with Crippen molar-refractivity contribution in [2.24, 2.45) is 5.41 Å². The predicted octanol–water partition coefficient (Wildman–Crippen LogP) is 1.65. The van der Waals surface area contributed by atoms with Gasteiger partial charge in [0.1, 0.15) is 11.2 Å². The van der Waals surface area contributed by atoms with E-state index in [1.807, 2.05) is 0 Å². The monoisotopic (exact) mass is 216 g/mol. The Morgan fingerprint density at radius 3 is 2.79 bits per heavy atom. The van der Waals surface area contributed by atoms with Crippen molar-refractivity contribution in [2.75, 3.05) is 18.1 Å². The van der Waals surface area contributed by atoms with Crippen LogP contribution >= 0.6 is 11.8 Å². The van der Waals surface area contributed by atoms with Gasteiger partial charge in [-0.2, -0.15) is 11.8 Å². The van der Waals surface area contributed by atoms with Gasteiger partial charge in [-0.15, -0.1) is 0 Å². The zero-order chi connectivity index (χ0) is 10.6. The summed E-state index contributed by atoms with van der Waals surface area (Å²) in [4.78, 5) is 22.9. The van der Waals surface area contributed by atoms with Crippen LogP contribution in [0.4, 0.5) is 0 Å². The average molecular weight is 216 g/mol. The first-order valence-electron chi connectivity index (χ1n) is 4.89. The van der Waals surface area contributed by atoms with Crippen molar-refractivity contribution in [1.82, 2.24) is 0 Å². The Morgan fingerprint density at radius 1 is 1.64 bits per heavy atom. The van der Waals surface area contributed by atoms with E-state index in [1.165, 1.54) is 6.92 Å². The summed E-state index contributed by atoms with van der Waals surface area (Å²) in [5.41, 5.74) is -0.817. The van der Waals surface area contributed by atoms with Gasteiger partial charge in [-0.1, -0.05) is 6.92 Å². The Morgan fingerprint density at radius 2 is 2.36 bits per heavy atom. The molecular formula is C10H16O3S. The van der Waals surface area contributed by atoms with Gasteiger partial charge in [-0.05, 0) is 24.9 Å². The largest absolute Gasteiger partial charge is 0.465 e. The van der Waals surface area contributed by atoms with Crippen LogP contribution in [0, 0.1) is 5.41 Å². The van der Waals surface area contributed by atoms with Gasteiger partial charge in [-0.25, -0.2) is 0 Å². The summed E-state index contributed by atoms with van der Waals surface area (Å²) in [5, 5.41) is 0. The molecule has 1 aliphatic heterocycles. The minimum absolute atomic E-state index is 0.0447. The van der Waals surface area contributed by atoms with Crippen molar-refractivity contribution in [3.63, 3.8) is 0 Å². The first-order valence-corrected chi connectivity index (χ1v) is 6.05. The molecule has 1 rings (SSSR count). The summed E-state index contributed by atoms with van der Waals surface area (Å²) in [5.74, 6) is 1.51. The fourth-order valence-corrected chi connectivity index (χ4v) is 2.45. The molecule has 0 N–H and O–H groups in total. The van der Waals surface area contributed by atoms with Crippen LogP contribution in [0.3, 0.4) is 0 Å². The predicted molar refractivity (Wildman–Crippen MR) is 56.3 cm³/mol. The normalized spacial score (nSPS) is 26.3. The molecule has 0 aromatic rings. The highest BCUT2D eigenvalue weighted by molar-refractivity contribution is 7.99. The number of ether oxygens (including phenoxy) is 1. The number of ketones is 1. The lowest BCUT2D eigenvalue weighted by atomic mass is 9.80. The highest BCUT2D eigenvalue weighted by atomic mass is 32.2. The second-order valence-corrected chi connectivity index (χ2v) is 4.86. The summed E-state index contributed by atoms with van der Waals surface area (Å²) in [7, 11) is 0. The molecule has 0 bridgehead atoms. The minimum Gasteiger partial charge on any atom is -0.465 e. The minimum atomic E-state index is -0.817. The molecule has 1 aliphatic rings. The van der Waals surface area contributed by atoms with Crippen LogP contribution in [0.25, 0.3) is 0 Å². The van der Waals surface area contributed by atoms with E-state index in [1.54, 1.807) is 11.8 Å². The third-order valence-electron chi connectivity index (χ3n) is 2.70. The van der Waals surface area contributed by atoms with Gasteiger partial charge in [-0.3, -0.25) is 9.59 Å². The lowest BCUT2D eigenvalue weighted by molar-refractivity contribution is -0.150. The Hall–Kier alpha value is -0.510. The zero-order valence-corrected chi connectivity index (χ0v) is 9.49. The van der Waals surface area contributed by atoms with Crippen LogP contribution in [0.1, 0.15) is 26.7 Å². The second kappa shape index (κ2) is 4.82. The third kappa shape index (κ3) is 2.11. The highest BCUT2D eigenvalue weighted by Crippen LogP contribution is 2.35. The number of hydrogen-bond acceptors (Lipinski definition) is 4. The van der Waals surface area contributed by atoms with E-state index in [9.17, 15) is 9.59 Å². The van der Waals surface area contributed by atoms with Gasteiger partial charge in [0.05, 0.1) is 6.61 Å². The maximum atomic E-state index is 11.5. The molecule has 1 saturated heterocycles. The molecular weight excluding hydrogens is 200 g/mol. The number of carbonyl (C=O) groups excluding carboxylic acids is 2. The second-order valence-electron chi connectivity index (χ2n) is 3.47. The molecule has 1 heterocycles. The molecule has 0 spiro atoms. The van der Waals surface area contributed by atoms with Crippen molar-refractivity contribution in [1.29, 1.82) is 0 Å². The van der Waals surface area contributed by atoms with Crippen LogP contribution in [0.2, 0.25) is 0 Å². The lowest BCUT2D eigenvalue weighted by Gasteiger charge is -2.20. The van der Waals surface area contributed by atoms with Crippen molar-refractivity contribution in [3.05, 3.63) is 0 Å². The molecule has 0 aliphatic carbocycles. The summed E-state index contributed by atoms with van der Waals surface area (Å²) in [6.45, 7) is 3.95. The Bertz CT molecular complexity index is 240. The number of esters is 1. The molecule has 3 nitrogen and oxygen atoms in total. The molecule has 0 saturated carbocycles. The van der Waals surface area contributed by atoms with Crippen molar-refractivity contribution in [2.45, 2.75) is 26.7 Å². The molecule has 0 amide bonds. The van der Waals surface area contributed by atoms with E-state index in [-0.39, 0.29) is 11.8 Å². The topological polar surface area (TPSA) is 43.4 Å². The van der Waals surface area contributed by atoms with Crippen molar-refractivity contribution < 1.29 is 14.3 Å². The van der Waals surface area contributed by atoms with Gasteiger partial charge in [0.25, 0.3) is 0 Å². The molecule has 1 unspecified atom stereocenters. The lowest BCUT2D eigenvalue weighted by Crippen LogP contribution is -2.34. The maximum Gasteiger partial charge on any atom is 0.319 e. The highest BCUT2D eigenvalue weighted by Gasteiger charge is 2.48. The molecule has 4 heteroatoms. The molecule has 0 aromatic heterocycles. The molecule has 1 fully saturated rings. The number of cyclic esters (lactones) is 1. The van der Waals surface area contributed by atoms with E-state index >= 15 is 0 Å². The fourth-order valence-electron chi connectivity index (χ4n) is 1.67. The summed E-state index contributed by atoms with van der Waals surface area (Å²) in [6, 6.07) is 0. The summed E-state index contributed by atoms with van der Waals surface area (Å²) < 4.78 is 4.89. The van der Waals surface area contributed by atoms with Gasteiger partial charge in [0.15, 0.2) is 0 Å². The first-order chi connectivity index (χ1) is 6.63. The quantitative estimate of drug-likeness (QED) is 0.398. The van der Waals surface area contributed by atoms with Crippen molar-refractivity contribution >= 4 is 23.5 Å². The van der Waals surface area contributed by atoms with Gasteiger partial charge >= 0.3 is 5.97 Å². The Kier molecular flexibility index (Phi) is 3.98. The average Bonchev–Trinajstić information content (AvgIpc) is 2.49. The molecule has 0 radical (unpaired) electrons. The maximum absolute atomic E-state index is 11.5. The molecule has 14 heavy (non-hydrogen) atoms. The van der Waals surface area contributed by atoms with Crippen LogP contribution in [0.15, 0.2) is 0 Å². The Labute approximate surface area is 88.6 Å². The standard InChI is InChI=1S/C10H16O3S/c1-3-14-7-5-10(8(2)11)4-6-13-9(10)12/h3-7H2,1-2H3. The molecule has 1 atom stereocenters.